The average molecular weight is 971 g/mol. The molecule has 0 aromatic rings. The molecule has 2 rings (SSSR count). The molecule has 7 N–H and O–H groups in total. The Morgan fingerprint density at radius 1 is 0.471 bits per heavy atom. The Morgan fingerprint density at radius 2 is 0.882 bits per heavy atom. The van der Waals surface area contributed by atoms with Gasteiger partial charge in [0.05, 0.1) is 19.8 Å². The maximum atomic E-state index is 13.0. The highest BCUT2D eigenvalue weighted by Gasteiger charge is 2.47. The van der Waals surface area contributed by atoms with Gasteiger partial charge in [-0.25, -0.2) is 0 Å². The lowest BCUT2D eigenvalue weighted by Crippen LogP contribution is -2.61. The lowest BCUT2D eigenvalue weighted by Gasteiger charge is -2.42. The predicted molar refractivity (Wildman–Crippen MR) is 261 cm³/mol. The van der Waals surface area contributed by atoms with Gasteiger partial charge in [-0.05, 0) is 70.6 Å². The maximum absolute atomic E-state index is 13.0. The third kappa shape index (κ3) is 27.9. The fourth-order valence-corrected chi connectivity index (χ4v) is 8.18. The standard InChI is InChI=1S/C53H94O15/c1-3-5-7-9-11-13-15-17-19-20-21-22-24-26-28-30-32-34-36-45(56)66-41(38-63-44(55)35-33-31-29-27-25-23-18-16-14-12-10-8-6-4-2)39-64-52-51(62)49(60)47(58)43(68-52)40-65-53-50(61)48(59)46(57)42(37-54)67-53/h13,15-16,18-20,41-43,46-54,57-62H,3-12,14,17,21-40H2,1-2H3/b15-13-,18-16-,20-19-. The third-order valence-corrected chi connectivity index (χ3v) is 12.6. The summed E-state index contributed by atoms with van der Waals surface area (Å²) < 4.78 is 33.6. The van der Waals surface area contributed by atoms with Crippen LogP contribution in [-0.2, 0) is 38.0 Å². The van der Waals surface area contributed by atoms with Crippen molar-refractivity contribution in [3.63, 3.8) is 0 Å². The molecule has 2 heterocycles. The van der Waals surface area contributed by atoms with Gasteiger partial charge in [-0.1, -0.05) is 147 Å². The Morgan fingerprint density at radius 3 is 1.40 bits per heavy atom. The van der Waals surface area contributed by atoms with Gasteiger partial charge in [0, 0.05) is 12.8 Å². The van der Waals surface area contributed by atoms with Gasteiger partial charge in [0.25, 0.3) is 0 Å². The zero-order valence-corrected chi connectivity index (χ0v) is 41.8. The first-order valence-corrected chi connectivity index (χ1v) is 26.6. The van der Waals surface area contributed by atoms with Crippen LogP contribution in [0.2, 0.25) is 0 Å². The summed E-state index contributed by atoms with van der Waals surface area (Å²) in [5.41, 5.74) is 0. The summed E-state index contributed by atoms with van der Waals surface area (Å²) in [6.45, 7) is 2.55. The highest BCUT2D eigenvalue weighted by atomic mass is 16.7. The molecule has 0 aliphatic carbocycles. The normalized spacial score (nSPS) is 26.0. The number of ether oxygens (including phenoxy) is 6. The average Bonchev–Trinajstić information content (AvgIpc) is 3.33. The molecule has 11 atom stereocenters. The first-order valence-electron chi connectivity index (χ1n) is 26.6. The molecule has 0 spiro atoms. The Balaban J connectivity index is 1.80. The van der Waals surface area contributed by atoms with E-state index in [0.29, 0.717) is 12.8 Å². The van der Waals surface area contributed by atoms with Gasteiger partial charge in [-0.3, -0.25) is 9.59 Å². The Labute approximate surface area is 408 Å². The first kappa shape index (κ1) is 61.8. The number of hydrogen-bond donors (Lipinski definition) is 7. The fourth-order valence-electron chi connectivity index (χ4n) is 8.18. The van der Waals surface area contributed by atoms with Crippen molar-refractivity contribution in [1.82, 2.24) is 0 Å². The van der Waals surface area contributed by atoms with Crippen LogP contribution in [0.1, 0.15) is 194 Å². The molecular weight excluding hydrogens is 877 g/mol. The van der Waals surface area contributed by atoms with Gasteiger partial charge >= 0.3 is 11.9 Å². The second kappa shape index (κ2) is 40.3. The van der Waals surface area contributed by atoms with Gasteiger partial charge in [-0.2, -0.15) is 0 Å². The second-order valence-corrected chi connectivity index (χ2v) is 18.7. The van der Waals surface area contributed by atoms with Crippen molar-refractivity contribution in [2.75, 3.05) is 26.4 Å². The van der Waals surface area contributed by atoms with Crippen LogP contribution in [-0.4, -0.2) is 142 Å². The molecule has 0 bridgehead atoms. The lowest BCUT2D eigenvalue weighted by atomic mass is 9.98. The van der Waals surface area contributed by atoms with Crippen molar-refractivity contribution in [2.45, 2.75) is 261 Å². The van der Waals surface area contributed by atoms with Crippen molar-refractivity contribution in [3.05, 3.63) is 36.5 Å². The SMILES string of the molecule is CCCCCC/C=C\C/C=C\CCCCCCCCCC(=O)OC(COC(=O)CCCCCCC/C=C\CCCCCCC)COC1OC(COC2OC(CO)C(O)C(O)C2O)C(O)C(O)C1O. The quantitative estimate of drug-likeness (QED) is 0.0177. The molecule has 11 unspecified atom stereocenters. The van der Waals surface area contributed by atoms with E-state index in [2.05, 4.69) is 50.3 Å². The van der Waals surface area contributed by atoms with Crippen molar-refractivity contribution in [3.8, 4) is 0 Å². The van der Waals surface area contributed by atoms with Gasteiger partial charge < -0.3 is 64.2 Å². The predicted octanol–water partition coefficient (Wildman–Crippen LogP) is 7.71. The number of aliphatic hydroxyl groups excluding tert-OH is 7. The monoisotopic (exact) mass is 971 g/mol. The number of rotatable bonds is 41. The molecule has 15 heteroatoms. The molecule has 0 saturated carbocycles. The Bertz CT molecular complexity index is 1330. The molecule has 2 saturated heterocycles. The van der Waals surface area contributed by atoms with E-state index in [1.54, 1.807) is 0 Å². The minimum absolute atomic E-state index is 0.155. The number of carbonyl (C=O) groups is 2. The number of hydrogen-bond acceptors (Lipinski definition) is 15. The molecule has 0 aromatic carbocycles. The van der Waals surface area contributed by atoms with Crippen LogP contribution in [0.4, 0.5) is 0 Å². The van der Waals surface area contributed by atoms with Crippen molar-refractivity contribution in [2.24, 2.45) is 0 Å². The molecule has 2 fully saturated rings. The summed E-state index contributed by atoms with van der Waals surface area (Å²) >= 11 is 0. The van der Waals surface area contributed by atoms with Crippen LogP contribution >= 0.6 is 0 Å². The molecule has 396 valence electrons. The van der Waals surface area contributed by atoms with Crippen molar-refractivity contribution < 1.29 is 73.8 Å². The minimum atomic E-state index is -1.77. The summed E-state index contributed by atoms with van der Waals surface area (Å²) in [6, 6.07) is 0. The number of allylic oxidation sites excluding steroid dienone is 6. The largest absolute Gasteiger partial charge is 0.462 e. The highest BCUT2D eigenvalue weighted by molar-refractivity contribution is 5.70. The molecule has 2 aliphatic rings. The smallest absolute Gasteiger partial charge is 0.306 e. The van der Waals surface area contributed by atoms with Gasteiger partial charge in [0.2, 0.25) is 0 Å². The van der Waals surface area contributed by atoms with Crippen LogP contribution in [0.15, 0.2) is 36.5 Å². The van der Waals surface area contributed by atoms with E-state index in [1.165, 1.54) is 70.6 Å². The van der Waals surface area contributed by atoms with E-state index >= 15 is 0 Å². The maximum Gasteiger partial charge on any atom is 0.306 e. The third-order valence-electron chi connectivity index (χ3n) is 12.6. The van der Waals surface area contributed by atoms with Crippen LogP contribution < -0.4 is 0 Å². The zero-order chi connectivity index (χ0) is 49.6. The lowest BCUT2D eigenvalue weighted by molar-refractivity contribution is -0.332. The first-order chi connectivity index (χ1) is 33.0. The van der Waals surface area contributed by atoms with Crippen LogP contribution in [0.5, 0.6) is 0 Å². The summed E-state index contributed by atoms with van der Waals surface area (Å²) in [5, 5.41) is 72.1. The van der Waals surface area contributed by atoms with E-state index in [1.807, 2.05) is 0 Å². The summed E-state index contributed by atoms with van der Waals surface area (Å²) in [4.78, 5) is 25.8. The number of carbonyl (C=O) groups excluding carboxylic acids is 2. The van der Waals surface area contributed by atoms with Crippen LogP contribution in [0.25, 0.3) is 0 Å². The molecular formula is C53H94O15. The number of esters is 2. The molecule has 15 nitrogen and oxygen atoms in total. The van der Waals surface area contributed by atoms with Crippen LogP contribution in [0.3, 0.4) is 0 Å². The van der Waals surface area contributed by atoms with E-state index in [0.717, 1.165) is 83.5 Å². The Hall–Kier alpha value is -2.28. The highest BCUT2D eigenvalue weighted by Crippen LogP contribution is 2.26. The molecule has 0 aromatic heterocycles. The molecule has 2 aliphatic heterocycles. The zero-order valence-electron chi connectivity index (χ0n) is 41.8. The molecule has 0 amide bonds. The van der Waals surface area contributed by atoms with Gasteiger partial charge in [0.15, 0.2) is 18.7 Å². The van der Waals surface area contributed by atoms with Gasteiger partial charge in [-0.15, -0.1) is 0 Å². The fraction of sp³-hybridized carbons (Fsp3) is 0.849. The number of aliphatic hydroxyl groups is 7. The van der Waals surface area contributed by atoms with Gasteiger partial charge in [0.1, 0.15) is 55.4 Å². The van der Waals surface area contributed by atoms with E-state index in [-0.39, 0.29) is 26.1 Å². The molecule has 68 heavy (non-hydrogen) atoms. The molecule has 0 radical (unpaired) electrons. The van der Waals surface area contributed by atoms with E-state index < -0.39 is 92.7 Å². The van der Waals surface area contributed by atoms with Crippen molar-refractivity contribution in [1.29, 1.82) is 0 Å². The van der Waals surface area contributed by atoms with Crippen molar-refractivity contribution >= 4 is 11.9 Å². The minimum Gasteiger partial charge on any atom is -0.462 e. The summed E-state index contributed by atoms with van der Waals surface area (Å²) in [7, 11) is 0. The summed E-state index contributed by atoms with van der Waals surface area (Å²) in [5.74, 6) is -0.941. The van der Waals surface area contributed by atoms with E-state index in [4.69, 9.17) is 28.4 Å². The Kier molecular flexibility index (Phi) is 36.7. The van der Waals surface area contributed by atoms with E-state index in [9.17, 15) is 45.3 Å². The second-order valence-electron chi connectivity index (χ2n) is 18.7. The number of unbranched alkanes of at least 4 members (excludes halogenated alkanes) is 21. The van der Waals surface area contributed by atoms with Crippen LogP contribution in [0, 0.1) is 0 Å². The topological polar surface area (TPSA) is 231 Å². The summed E-state index contributed by atoms with van der Waals surface area (Å²) in [6.07, 6.45) is 25.9.